The predicted molar refractivity (Wildman–Crippen MR) is 141 cm³/mol. The lowest BCUT2D eigenvalue weighted by atomic mass is 9.84. The maximum atomic E-state index is 14.6. The van der Waals surface area contributed by atoms with Gasteiger partial charge in [0.25, 0.3) is 5.91 Å². The van der Waals surface area contributed by atoms with Gasteiger partial charge in [-0.05, 0) is 77.0 Å². The molecular formula is C26H30ClN7O3. The number of ether oxygens (including phenoxy) is 1. The molecule has 0 aliphatic carbocycles. The van der Waals surface area contributed by atoms with E-state index in [1.54, 1.807) is 62.2 Å². The molecule has 2 aromatic heterocycles. The van der Waals surface area contributed by atoms with Gasteiger partial charge in [-0.3, -0.25) is 4.79 Å². The molecule has 0 radical (unpaired) electrons. The molecular weight excluding hydrogens is 494 g/mol. The van der Waals surface area contributed by atoms with E-state index < -0.39 is 17.2 Å². The number of carbonyl (C=O) groups is 2. The number of H-pyrrole nitrogens is 1. The number of nitriles is 1. The molecule has 37 heavy (non-hydrogen) atoms. The lowest BCUT2D eigenvalue weighted by Crippen LogP contribution is -2.66. The smallest absolute Gasteiger partial charge is 0.417 e. The highest BCUT2D eigenvalue weighted by Gasteiger charge is 2.52. The van der Waals surface area contributed by atoms with Gasteiger partial charge in [0.05, 0.1) is 17.9 Å². The second kappa shape index (κ2) is 10.7. The number of hydrogen-bond donors (Lipinski definition) is 2. The van der Waals surface area contributed by atoms with Crippen LogP contribution in [-0.4, -0.2) is 57.7 Å². The Morgan fingerprint density at radius 2 is 1.86 bits per heavy atom. The molecule has 0 unspecified atom stereocenters. The first kappa shape index (κ1) is 26.4. The number of nitrogens with one attached hydrogen (secondary N) is 2. The predicted octanol–water partition coefficient (Wildman–Crippen LogP) is 4.42. The molecule has 4 rings (SSSR count). The molecule has 3 heterocycles. The summed E-state index contributed by atoms with van der Waals surface area (Å²) in [4.78, 5) is 43.3. The Kier molecular flexibility index (Phi) is 7.66. The Hall–Kier alpha value is -3.68. The largest absolute Gasteiger partial charge is 0.443 e. The average Bonchev–Trinajstić information content (AvgIpc) is 3.35. The highest BCUT2D eigenvalue weighted by molar-refractivity contribution is 6.30. The quantitative estimate of drug-likeness (QED) is 0.489. The third-order valence-electron chi connectivity index (χ3n) is 6.21. The van der Waals surface area contributed by atoms with Crippen molar-refractivity contribution in [2.24, 2.45) is 0 Å². The van der Waals surface area contributed by atoms with Gasteiger partial charge in [-0.15, -0.1) is 0 Å². The van der Waals surface area contributed by atoms with Crippen molar-refractivity contribution in [3.8, 4) is 6.07 Å². The normalized spacial score (nSPS) is 15.1. The van der Waals surface area contributed by atoms with Gasteiger partial charge in [-0.1, -0.05) is 11.6 Å². The summed E-state index contributed by atoms with van der Waals surface area (Å²) in [7, 11) is 0. The van der Waals surface area contributed by atoms with Gasteiger partial charge < -0.3 is 19.9 Å². The van der Waals surface area contributed by atoms with E-state index in [1.165, 1.54) is 11.2 Å². The van der Waals surface area contributed by atoms with Crippen LogP contribution in [0.2, 0.25) is 5.02 Å². The number of rotatable bonds is 6. The number of fused-ring (bicyclic) bond motifs is 1. The van der Waals surface area contributed by atoms with Gasteiger partial charge >= 0.3 is 6.09 Å². The van der Waals surface area contributed by atoms with Gasteiger partial charge in [0, 0.05) is 23.5 Å². The minimum atomic E-state index is -1.33. The fourth-order valence-electron chi connectivity index (χ4n) is 4.56. The summed E-state index contributed by atoms with van der Waals surface area (Å²) in [6.45, 7) is 6.48. The summed E-state index contributed by atoms with van der Waals surface area (Å²) in [5, 5.41) is 13.7. The van der Waals surface area contributed by atoms with Crippen molar-refractivity contribution in [3.05, 3.63) is 47.9 Å². The van der Waals surface area contributed by atoms with E-state index in [0.717, 1.165) is 0 Å². The van der Waals surface area contributed by atoms with Crippen LogP contribution in [0.3, 0.4) is 0 Å². The molecule has 0 bridgehead atoms. The van der Waals surface area contributed by atoms with Gasteiger partial charge in [0.1, 0.15) is 23.1 Å². The Morgan fingerprint density at radius 3 is 2.51 bits per heavy atom. The van der Waals surface area contributed by atoms with Crippen LogP contribution in [-0.2, 0) is 9.53 Å². The Morgan fingerprint density at radius 1 is 1.16 bits per heavy atom. The van der Waals surface area contributed by atoms with Crippen molar-refractivity contribution in [1.29, 1.82) is 5.26 Å². The van der Waals surface area contributed by atoms with Crippen LogP contribution in [0.15, 0.2) is 42.9 Å². The van der Waals surface area contributed by atoms with Crippen LogP contribution in [0.1, 0.15) is 40.0 Å². The summed E-state index contributed by atoms with van der Waals surface area (Å²) in [6, 6.07) is 10.8. The van der Waals surface area contributed by atoms with E-state index >= 15 is 0 Å². The summed E-state index contributed by atoms with van der Waals surface area (Å²) in [5.41, 5.74) is -1.02. The van der Waals surface area contributed by atoms with Crippen molar-refractivity contribution in [2.45, 2.75) is 51.2 Å². The molecule has 3 aromatic rings. The fraction of sp³-hybridized carbons (Fsp3) is 0.423. The number of carbonyl (C=O) groups excluding carboxylic acids is 2. The van der Waals surface area contributed by atoms with Crippen LogP contribution in [0, 0.1) is 11.3 Å². The van der Waals surface area contributed by atoms with Crippen molar-refractivity contribution >= 4 is 46.1 Å². The molecule has 1 aromatic carbocycles. The maximum Gasteiger partial charge on any atom is 0.417 e. The maximum absolute atomic E-state index is 14.6. The molecule has 10 nitrogen and oxygen atoms in total. The average molecular weight is 524 g/mol. The minimum absolute atomic E-state index is 0.116. The number of aromatic amines is 1. The lowest BCUT2D eigenvalue weighted by molar-refractivity contribution is -0.124. The minimum Gasteiger partial charge on any atom is -0.443 e. The van der Waals surface area contributed by atoms with Crippen LogP contribution in [0.5, 0.6) is 0 Å². The summed E-state index contributed by atoms with van der Waals surface area (Å²) in [5.74, 6) is -0.0354. The molecule has 1 aliphatic rings. The first-order chi connectivity index (χ1) is 17.7. The molecule has 0 spiro atoms. The summed E-state index contributed by atoms with van der Waals surface area (Å²) in [6.07, 6.45) is 3.14. The second-order valence-corrected chi connectivity index (χ2v) is 10.3. The molecule has 1 fully saturated rings. The zero-order chi connectivity index (χ0) is 26.6. The van der Waals surface area contributed by atoms with Crippen LogP contribution >= 0.6 is 11.6 Å². The molecule has 194 valence electrons. The van der Waals surface area contributed by atoms with E-state index in [0.29, 0.717) is 47.7 Å². The van der Waals surface area contributed by atoms with E-state index in [2.05, 4.69) is 26.3 Å². The first-order valence-electron chi connectivity index (χ1n) is 12.1. The number of halogens is 1. The zero-order valence-corrected chi connectivity index (χ0v) is 21.9. The number of amides is 2. The van der Waals surface area contributed by atoms with Crippen molar-refractivity contribution in [2.75, 3.05) is 29.4 Å². The van der Waals surface area contributed by atoms with E-state index in [9.17, 15) is 14.9 Å². The number of nitrogens with zero attached hydrogens (tertiary/aromatic N) is 5. The Balaban J connectivity index is 1.90. The Bertz CT molecular complexity index is 1300. The van der Waals surface area contributed by atoms with Gasteiger partial charge in [0.15, 0.2) is 5.82 Å². The van der Waals surface area contributed by atoms with Gasteiger partial charge in [-0.25, -0.2) is 19.7 Å². The molecule has 2 N–H and O–H groups in total. The van der Waals surface area contributed by atoms with Crippen LogP contribution in [0.4, 0.5) is 16.3 Å². The van der Waals surface area contributed by atoms with E-state index in [-0.39, 0.29) is 24.7 Å². The number of aromatic nitrogens is 3. The SMILES string of the molecule is CC(C)(C)OC(=O)N(c1ncnc2[nH]ccc12)C1(C(=O)N(CCC#N)c2ccc(Cl)cc2)CCNCC1. The monoisotopic (exact) mass is 523 g/mol. The topological polar surface area (TPSA) is 127 Å². The highest BCUT2D eigenvalue weighted by Crippen LogP contribution is 2.38. The number of piperidine rings is 1. The van der Waals surface area contributed by atoms with E-state index in [1.807, 2.05) is 0 Å². The fourth-order valence-corrected chi connectivity index (χ4v) is 4.69. The van der Waals surface area contributed by atoms with Crippen molar-refractivity contribution in [1.82, 2.24) is 20.3 Å². The van der Waals surface area contributed by atoms with E-state index in [4.69, 9.17) is 16.3 Å². The van der Waals surface area contributed by atoms with Crippen LogP contribution < -0.4 is 15.1 Å². The summed E-state index contributed by atoms with van der Waals surface area (Å²) >= 11 is 6.10. The van der Waals surface area contributed by atoms with Crippen LogP contribution in [0.25, 0.3) is 11.0 Å². The van der Waals surface area contributed by atoms with Crippen molar-refractivity contribution in [3.63, 3.8) is 0 Å². The van der Waals surface area contributed by atoms with Gasteiger partial charge in [-0.2, -0.15) is 5.26 Å². The third-order valence-corrected chi connectivity index (χ3v) is 6.46. The second-order valence-electron chi connectivity index (χ2n) is 9.88. The zero-order valence-electron chi connectivity index (χ0n) is 21.1. The number of hydrogen-bond acceptors (Lipinski definition) is 7. The molecule has 1 aliphatic heterocycles. The van der Waals surface area contributed by atoms with Gasteiger partial charge in [0.2, 0.25) is 0 Å². The lowest BCUT2D eigenvalue weighted by Gasteiger charge is -2.46. The summed E-state index contributed by atoms with van der Waals surface area (Å²) < 4.78 is 5.85. The number of anilines is 2. The Labute approximate surface area is 220 Å². The number of benzene rings is 1. The van der Waals surface area contributed by atoms with Crippen molar-refractivity contribution < 1.29 is 14.3 Å². The molecule has 2 amide bonds. The highest BCUT2D eigenvalue weighted by atomic mass is 35.5. The standard InChI is InChI=1S/C26H30ClN7O3/c1-25(2,3)37-24(36)34(22-20-9-13-30-21(20)31-17-32-22)26(10-14-29-15-11-26)23(35)33(16-4-12-28)19-7-5-18(27)6-8-19/h5-9,13,17,29H,4,10-11,14-16H2,1-3H3,(H,30,31,32). The molecule has 0 atom stereocenters. The molecule has 1 saturated heterocycles. The first-order valence-corrected chi connectivity index (χ1v) is 12.5. The molecule has 11 heteroatoms. The molecule has 0 saturated carbocycles. The third kappa shape index (κ3) is 5.53.